The SMILES string of the molecule is O=C(Nc1ccncc1F)c1cnn2ccc(-c3ccccc3C(F)(F)F)nc12. The van der Waals surface area contributed by atoms with Gasteiger partial charge in [0.25, 0.3) is 5.91 Å². The second kappa shape index (κ2) is 6.97. The molecule has 0 aliphatic carbocycles. The molecule has 0 unspecified atom stereocenters. The van der Waals surface area contributed by atoms with E-state index in [-0.39, 0.29) is 28.2 Å². The van der Waals surface area contributed by atoms with Crippen LogP contribution in [0.25, 0.3) is 16.9 Å². The molecule has 0 spiro atoms. The lowest BCUT2D eigenvalue weighted by molar-refractivity contribution is -0.137. The number of carbonyl (C=O) groups is 1. The molecule has 0 saturated heterocycles. The molecular formula is C19H11F4N5O. The van der Waals surface area contributed by atoms with Crippen molar-refractivity contribution in [2.45, 2.75) is 6.18 Å². The smallest absolute Gasteiger partial charge is 0.319 e. The zero-order valence-corrected chi connectivity index (χ0v) is 14.5. The van der Waals surface area contributed by atoms with Crippen LogP contribution in [0.3, 0.4) is 0 Å². The lowest BCUT2D eigenvalue weighted by atomic mass is 10.0. The van der Waals surface area contributed by atoms with Gasteiger partial charge in [0.2, 0.25) is 0 Å². The Bertz CT molecular complexity index is 1220. The fourth-order valence-corrected chi connectivity index (χ4v) is 2.80. The van der Waals surface area contributed by atoms with Gasteiger partial charge in [-0.15, -0.1) is 0 Å². The van der Waals surface area contributed by atoms with Crippen LogP contribution in [0.1, 0.15) is 15.9 Å². The number of aromatic nitrogens is 4. The molecule has 0 aliphatic rings. The third-order valence-corrected chi connectivity index (χ3v) is 4.14. The van der Waals surface area contributed by atoms with Crippen LogP contribution in [-0.2, 0) is 6.18 Å². The van der Waals surface area contributed by atoms with Crippen LogP contribution >= 0.6 is 0 Å². The van der Waals surface area contributed by atoms with Crippen molar-refractivity contribution in [1.82, 2.24) is 19.6 Å². The number of hydrogen-bond acceptors (Lipinski definition) is 4. The van der Waals surface area contributed by atoms with Crippen LogP contribution in [0.5, 0.6) is 0 Å². The Morgan fingerprint density at radius 1 is 1.07 bits per heavy atom. The molecule has 4 rings (SSSR count). The van der Waals surface area contributed by atoms with Gasteiger partial charge in [0.15, 0.2) is 11.5 Å². The van der Waals surface area contributed by atoms with Crippen molar-refractivity contribution >= 4 is 17.2 Å². The maximum Gasteiger partial charge on any atom is 0.417 e. The first kappa shape index (κ1) is 18.5. The lowest BCUT2D eigenvalue weighted by Gasteiger charge is -2.12. The highest BCUT2D eigenvalue weighted by molar-refractivity contribution is 6.08. The third-order valence-electron chi connectivity index (χ3n) is 4.14. The standard InChI is InChI=1S/C19H11F4N5O/c20-14-10-24-7-5-16(14)27-18(29)12-9-25-28-8-6-15(26-17(12)28)11-3-1-2-4-13(11)19(21,22)23/h1-10H,(H,24,27,29). The molecule has 1 aromatic carbocycles. The van der Waals surface area contributed by atoms with Gasteiger partial charge in [-0.05, 0) is 18.2 Å². The molecule has 10 heteroatoms. The third kappa shape index (κ3) is 3.51. The maximum atomic E-state index is 13.7. The van der Waals surface area contributed by atoms with Crippen LogP contribution in [0.15, 0.2) is 61.2 Å². The number of nitrogens with one attached hydrogen (secondary N) is 1. The Kier molecular flexibility index (Phi) is 4.45. The van der Waals surface area contributed by atoms with Crippen molar-refractivity contribution in [3.63, 3.8) is 0 Å². The first-order chi connectivity index (χ1) is 13.8. The van der Waals surface area contributed by atoms with Crippen molar-refractivity contribution in [2.24, 2.45) is 0 Å². The van der Waals surface area contributed by atoms with Crippen LogP contribution in [0, 0.1) is 5.82 Å². The molecule has 0 saturated carbocycles. The molecule has 0 aliphatic heterocycles. The molecule has 0 atom stereocenters. The predicted molar refractivity (Wildman–Crippen MR) is 95.6 cm³/mol. The van der Waals surface area contributed by atoms with E-state index in [1.165, 1.54) is 53.4 Å². The molecule has 3 aromatic heterocycles. The minimum absolute atomic E-state index is 0.0208. The van der Waals surface area contributed by atoms with Gasteiger partial charge in [-0.3, -0.25) is 9.78 Å². The topological polar surface area (TPSA) is 72.2 Å². The highest BCUT2D eigenvalue weighted by Gasteiger charge is 2.33. The van der Waals surface area contributed by atoms with Crippen LogP contribution in [0.2, 0.25) is 0 Å². The summed E-state index contributed by atoms with van der Waals surface area (Å²) in [5, 5.41) is 6.35. The minimum Gasteiger partial charge on any atom is -0.319 e. The van der Waals surface area contributed by atoms with Gasteiger partial charge >= 0.3 is 6.18 Å². The number of fused-ring (bicyclic) bond motifs is 1. The number of rotatable bonds is 3. The van der Waals surface area contributed by atoms with Gasteiger partial charge in [0.05, 0.1) is 29.3 Å². The van der Waals surface area contributed by atoms with Gasteiger partial charge in [0.1, 0.15) is 5.56 Å². The van der Waals surface area contributed by atoms with Crippen molar-refractivity contribution in [3.8, 4) is 11.3 Å². The second-order valence-electron chi connectivity index (χ2n) is 5.99. The van der Waals surface area contributed by atoms with E-state index in [9.17, 15) is 22.4 Å². The molecule has 3 heterocycles. The van der Waals surface area contributed by atoms with E-state index in [0.717, 1.165) is 12.3 Å². The van der Waals surface area contributed by atoms with Crippen molar-refractivity contribution < 1.29 is 22.4 Å². The lowest BCUT2D eigenvalue weighted by Crippen LogP contribution is -2.13. The summed E-state index contributed by atoms with van der Waals surface area (Å²) in [5.41, 5.74) is -1.03. The molecule has 6 nitrogen and oxygen atoms in total. The van der Waals surface area contributed by atoms with E-state index >= 15 is 0 Å². The zero-order chi connectivity index (χ0) is 20.6. The number of halogens is 4. The Labute approximate surface area is 160 Å². The molecule has 1 N–H and O–H groups in total. The molecule has 29 heavy (non-hydrogen) atoms. The van der Waals surface area contributed by atoms with Crippen LogP contribution < -0.4 is 5.32 Å². The fourth-order valence-electron chi connectivity index (χ4n) is 2.80. The van der Waals surface area contributed by atoms with Gasteiger partial charge in [-0.2, -0.15) is 18.3 Å². The zero-order valence-electron chi connectivity index (χ0n) is 14.5. The Morgan fingerprint density at radius 3 is 2.62 bits per heavy atom. The number of benzene rings is 1. The number of alkyl halides is 3. The first-order valence-electron chi connectivity index (χ1n) is 8.26. The van der Waals surface area contributed by atoms with Gasteiger partial charge in [0, 0.05) is 18.0 Å². The molecule has 4 aromatic rings. The second-order valence-corrected chi connectivity index (χ2v) is 5.99. The number of hydrogen-bond donors (Lipinski definition) is 1. The van der Waals surface area contributed by atoms with Crippen molar-refractivity contribution in [2.75, 3.05) is 5.32 Å². The number of pyridine rings is 1. The molecular weight excluding hydrogens is 390 g/mol. The Balaban J connectivity index is 1.77. The number of amides is 1. The average molecular weight is 401 g/mol. The number of carbonyl (C=O) groups excluding carboxylic acids is 1. The summed E-state index contributed by atoms with van der Waals surface area (Å²) in [5.74, 6) is -1.44. The van der Waals surface area contributed by atoms with Gasteiger partial charge in [-0.25, -0.2) is 13.9 Å². The Hall–Kier alpha value is -3.82. The monoisotopic (exact) mass is 401 g/mol. The summed E-state index contributed by atoms with van der Waals surface area (Å²) in [6.07, 6.45) is 0.282. The predicted octanol–water partition coefficient (Wildman–Crippen LogP) is 4.20. The molecule has 146 valence electrons. The van der Waals surface area contributed by atoms with Crippen molar-refractivity contribution in [3.05, 3.63) is 78.1 Å². The van der Waals surface area contributed by atoms with Gasteiger partial charge < -0.3 is 5.32 Å². The van der Waals surface area contributed by atoms with E-state index < -0.39 is 23.5 Å². The Morgan fingerprint density at radius 2 is 1.86 bits per heavy atom. The van der Waals surface area contributed by atoms with Crippen LogP contribution in [-0.4, -0.2) is 25.5 Å². The number of nitrogens with zero attached hydrogens (tertiary/aromatic N) is 4. The molecule has 0 fully saturated rings. The first-order valence-corrected chi connectivity index (χ1v) is 8.26. The summed E-state index contributed by atoms with van der Waals surface area (Å²) in [7, 11) is 0. The van der Waals surface area contributed by atoms with E-state index in [1.54, 1.807) is 0 Å². The number of anilines is 1. The minimum atomic E-state index is -4.57. The van der Waals surface area contributed by atoms with Gasteiger partial charge in [-0.1, -0.05) is 18.2 Å². The summed E-state index contributed by atoms with van der Waals surface area (Å²) in [4.78, 5) is 20.3. The average Bonchev–Trinajstić information content (AvgIpc) is 3.12. The van der Waals surface area contributed by atoms with E-state index in [2.05, 4.69) is 20.4 Å². The maximum absolute atomic E-state index is 13.7. The van der Waals surface area contributed by atoms with Crippen LogP contribution in [0.4, 0.5) is 23.2 Å². The highest BCUT2D eigenvalue weighted by Crippen LogP contribution is 2.36. The van der Waals surface area contributed by atoms with E-state index in [4.69, 9.17) is 0 Å². The quantitative estimate of drug-likeness (QED) is 0.523. The molecule has 0 bridgehead atoms. The van der Waals surface area contributed by atoms with Crippen molar-refractivity contribution in [1.29, 1.82) is 0 Å². The van der Waals surface area contributed by atoms with E-state index in [0.29, 0.717) is 0 Å². The largest absolute Gasteiger partial charge is 0.417 e. The fraction of sp³-hybridized carbons (Fsp3) is 0.0526. The van der Waals surface area contributed by atoms with E-state index in [1.807, 2.05) is 0 Å². The summed E-state index contributed by atoms with van der Waals surface area (Å²) in [6.45, 7) is 0. The summed E-state index contributed by atoms with van der Waals surface area (Å²) < 4.78 is 55.0. The highest BCUT2D eigenvalue weighted by atomic mass is 19.4. The normalized spacial score (nSPS) is 11.6. The summed E-state index contributed by atoms with van der Waals surface area (Å²) in [6, 6.07) is 7.65. The molecule has 1 amide bonds. The summed E-state index contributed by atoms with van der Waals surface area (Å²) >= 11 is 0. The molecule has 0 radical (unpaired) electrons.